The van der Waals surface area contributed by atoms with E-state index in [0.29, 0.717) is 12.2 Å². The van der Waals surface area contributed by atoms with Gasteiger partial charge in [0.05, 0.1) is 6.61 Å². The maximum absolute atomic E-state index is 10.8. The number of nitrogens with two attached hydrogens (primary N) is 1. The van der Waals surface area contributed by atoms with Crippen LogP contribution in [0.25, 0.3) is 0 Å². The molecule has 0 fully saturated rings. The molecule has 2 N–H and O–H groups in total. The van der Waals surface area contributed by atoms with Crippen molar-refractivity contribution in [2.24, 2.45) is 5.73 Å². The zero-order chi connectivity index (χ0) is 9.84. The van der Waals surface area contributed by atoms with Gasteiger partial charge in [-0.1, -0.05) is 22.0 Å². The van der Waals surface area contributed by atoms with Gasteiger partial charge in [-0.3, -0.25) is 4.79 Å². The second kappa shape index (κ2) is 4.39. The number of halogens is 1. The summed E-state index contributed by atoms with van der Waals surface area (Å²) in [7, 11) is 1.62. The summed E-state index contributed by atoms with van der Waals surface area (Å²) in [5.41, 5.74) is 6.60. The zero-order valence-corrected chi connectivity index (χ0v) is 8.80. The van der Waals surface area contributed by atoms with Crippen LogP contribution in [0.5, 0.6) is 0 Å². The van der Waals surface area contributed by atoms with Crippen molar-refractivity contribution < 1.29 is 9.53 Å². The fourth-order valence-corrected chi connectivity index (χ4v) is 1.47. The molecule has 3 nitrogen and oxygen atoms in total. The SMILES string of the molecule is COCc1ccc(C(N)=O)cc1Br. The van der Waals surface area contributed by atoms with Crippen LogP contribution in [0.3, 0.4) is 0 Å². The summed E-state index contributed by atoms with van der Waals surface area (Å²) in [4.78, 5) is 10.8. The van der Waals surface area contributed by atoms with Crippen molar-refractivity contribution in [3.8, 4) is 0 Å². The first-order valence-electron chi connectivity index (χ1n) is 3.72. The first-order chi connectivity index (χ1) is 6.15. The molecule has 0 radical (unpaired) electrons. The van der Waals surface area contributed by atoms with Crippen LogP contribution < -0.4 is 5.73 Å². The normalized spacial score (nSPS) is 10.0. The van der Waals surface area contributed by atoms with Gasteiger partial charge in [-0.25, -0.2) is 0 Å². The molecule has 0 unspecified atom stereocenters. The average molecular weight is 244 g/mol. The van der Waals surface area contributed by atoms with Gasteiger partial charge < -0.3 is 10.5 Å². The molecule has 4 heteroatoms. The van der Waals surface area contributed by atoms with E-state index in [-0.39, 0.29) is 0 Å². The van der Waals surface area contributed by atoms with E-state index in [1.54, 1.807) is 19.2 Å². The molecule has 1 rings (SSSR count). The van der Waals surface area contributed by atoms with Crippen molar-refractivity contribution in [2.75, 3.05) is 7.11 Å². The van der Waals surface area contributed by atoms with E-state index in [4.69, 9.17) is 10.5 Å². The third-order valence-electron chi connectivity index (χ3n) is 1.64. The summed E-state index contributed by atoms with van der Waals surface area (Å²) in [6, 6.07) is 5.19. The quantitative estimate of drug-likeness (QED) is 0.879. The lowest BCUT2D eigenvalue weighted by atomic mass is 10.1. The van der Waals surface area contributed by atoms with Crippen LogP contribution in [0.4, 0.5) is 0 Å². The highest BCUT2D eigenvalue weighted by atomic mass is 79.9. The van der Waals surface area contributed by atoms with Crippen LogP contribution in [0.1, 0.15) is 15.9 Å². The van der Waals surface area contributed by atoms with E-state index in [9.17, 15) is 4.79 Å². The molecule has 0 saturated carbocycles. The number of hydrogen-bond acceptors (Lipinski definition) is 2. The summed E-state index contributed by atoms with van der Waals surface area (Å²) < 4.78 is 5.80. The Morgan fingerprint density at radius 1 is 1.62 bits per heavy atom. The highest BCUT2D eigenvalue weighted by molar-refractivity contribution is 9.10. The predicted molar refractivity (Wildman–Crippen MR) is 53.4 cm³/mol. The summed E-state index contributed by atoms with van der Waals surface area (Å²) in [5.74, 6) is -0.426. The van der Waals surface area contributed by atoms with Gasteiger partial charge in [0.2, 0.25) is 5.91 Å². The molecule has 0 aliphatic carbocycles. The highest BCUT2D eigenvalue weighted by Crippen LogP contribution is 2.19. The summed E-state index contributed by atoms with van der Waals surface area (Å²) in [5, 5.41) is 0. The van der Waals surface area contributed by atoms with Crippen LogP contribution in [0.2, 0.25) is 0 Å². The van der Waals surface area contributed by atoms with Crippen molar-refractivity contribution in [1.82, 2.24) is 0 Å². The standard InChI is InChI=1S/C9H10BrNO2/c1-13-5-7-3-2-6(9(11)12)4-8(7)10/h2-4H,5H2,1H3,(H2,11,12). The first-order valence-corrected chi connectivity index (χ1v) is 4.51. The summed E-state index contributed by atoms with van der Waals surface area (Å²) in [6.45, 7) is 0.514. The molecule has 0 atom stereocenters. The van der Waals surface area contributed by atoms with Gasteiger partial charge in [0.1, 0.15) is 0 Å². The maximum Gasteiger partial charge on any atom is 0.248 e. The van der Waals surface area contributed by atoms with Crippen molar-refractivity contribution in [2.45, 2.75) is 6.61 Å². The Balaban J connectivity index is 2.98. The van der Waals surface area contributed by atoms with Crippen LogP contribution in [-0.2, 0) is 11.3 Å². The smallest absolute Gasteiger partial charge is 0.248 e. The molecular weight excluding hydrogens is 234 g/mol. The van der Waals surface area contributed by atoms with Crippen LogP contribution in [0, 0.1) is 0 Å². The maximum atomic E-state index is 10.8. The van der Waals surface area contributed by atoms with E-state index < -0.39 is 5.91 Å². The van der Waals surface area contributed by atoms with E-state index >= 15 is 0 Å². The number of carbonyl (C=O) groups excluding carboxylic acids is 1. The number of amides is 1. The molecule has 1 aromatic carbocycles. The second-order valence-corrected chi connectivity index (χ2v) is 3.46. The first kappa shape index (κ1) is 10.2. The van der Waals surface area contributed by atoms with Gasteiger partial charge in [0.15, 0.2) is 0 Å². The van der Waals surface area contributed by atoms with Gasteiger partial charge in [0.25, 0.3) is 0 Å². The van der Waals surface area contributed by atoms with Crippen LogP contribution >= 0.6 is 15.9 Å². The van der Waals surface area contributed by atoms with Crippen molar-refractivity contribution in [3.63, 3.8) is 0 Å². The Labute approximate surface area is 85.0 Å². The van der Waals surface area contributed by atoms with Crippen molar-refractivity contribution in [1.29, 1.82) is 0 Å². The molecular formula is C9H10BrNO2. The monoisotopic (exact) mass is 243 g/mol. The molecule has 13 heavy (non-hydrogen) atoms. The zero-order valence-electron chi connectivity index (χ0n) is 7.21. The topological polar surface area (TPSA) is 52.3 Å². The third kappa shape index (κ3) is 2.54. The Hall–Kier alpha value is -0.870. The molecule has 0 heterocycles. The Morgan fingerprint density at radius 2 is 2.31 bits per heavy atom. The van der Waals surface area contributed by atoms with Gasteiger partial charge in [-0.15, -0.1) is 0 Å². The van der Waals surface area contributed by atoms with Gasteiger partial charge >= 0.3 is 0 Å². The number of methoxy groups -OCH3 is 1. The second-order valence-electron chi connectivity index (χ2n) is 2.60. The van der Waals surface area contributed by atoms with Crippen LogP contribution in [0.15, 0.2) is 22.7 Å². The van der Waals surface area contributed by atoms with Gasteiger partial charge in [0, 0.05) is 17.1 Å². The Kier molecular flexibility index (Phi) is 3.45. The van der Waals surface area contributed by atoms with E-state index in [1.165, 1.54) is 0 Å². The Bertz CT molecular complexity index is 325. The molecule has 0 aromatic heterocycles. The predicted octanol–water partition coefficient (Wildman–Crippen LogP) is 1.69. The summed E-state index contributed by atoms with van der Waals surface area (Å²) in [6.07, 6.45) is 0. The minimum Gasteiger partial charge on any atom is -0.380 e. The molecule has 0 aliphatic heterocycles. The fourth-order valence-electron chi connectivity index (χ4n) is 0.973. The Morgan fingerprint density at radius 3 is 2.77 bits per heavy atom. The van der Waals surface area contributed by atoms with Crippen LogP contribution in [-0.4, -0.2) is 13.0 Å². The molecule has 0 aliphatic rings. The largest absolute Gasteiger partial charge is 0.380 e. The van der Waals surface area contributed by atoms with Crippen molar-refractivity contribution >= 4 is 21.8 Å². The molecule has 0 saturated heterocycles. The summed E-state index contributed by atoms with van der Waals surface area (Å²) >= 11 is 3.33. The number of carbonyl (C=O) groups is 1. The highest BCUT2D eigenvalue weighted by Gasteiger charge is 2.04. The lowest BCUT2D eigenvalue weighted by molar-refractivity contribution is 0.1000. The third-order valence-corrected chi connectivity index (χ3v) is 2.38. The van der Waals surface area contributed by atoms with E-state index in [2.05, 4.69) is 15.9 Å². The molecule has 0 spiro atoms. The number of hydrogen-bond donors (Lipinski definition) is 1. The number of primary amides is 1. The number of rotatable bonds is 3. The fraction of sp³-hybridized carbons (Fsp3) is 0.222. The number of benzene rings is 1. The van der Waals surface area contributed by atoms with E-state index in [0.717, 1.165) is 10.0 Å². The van der Waals surface area contributed by atoms with Gasteiger partial charge in [-0.05, 0) is 17.7 Å². The van der Waals surface area contributed by atoms with Gasteiger partial charge in [-0.2, -0.15) is 0 Å². The minimum atomic E-state index is -0.426. The number of ether oxygens (including phenoxy) is 1. The lowest BCUT2D eigenvalue weighted by Crippen LogP contribution is -2.10. The average Bonchev–Trinajstić information content (AvgIpc) is 2.08. The van der Waals surface area contributed by atoms with E-state index in [1.807, 2.05) is 6.07 Å². The molecule has 0 bridgehead atoms. The van der Waals surface area contributed by atoms with Crippen molar-refractivity contribution in [3.05, 3.63) is 33.8 Å². The minimum absolute atomic E-state index is 0.426. The molecule has 1 amide bonds. The molecule has 70 valence electrons. The lowest BCUT2D eigenvalue weighted by Gasteiger charge is -2.03. The molecule has 1 aromatic rings.